The third kappa shape index (κ3) is 2.67. The Morgan fingerprint density at radius 2 is 2.18 bits per heavy atom. The Kier molecular flexibility index (Phi) is 3.70. The Bertz CT molecular complexity index is 634. The minimum atomic E-state index is 0.193. The highest BCUT2D eigenvalue weighted by molar-refractivity contribution is 7.11. The standard InChI is InChI=1S/C16H20N4OS/c21-15(10-19-9-6-17-11-19)20-7-4-12(5-8-20)16-18-13-2-1-3-14(13)22-16/h6,9,11-12H,1-5,7-8,10H2. The van der Waals surface area contributed by atoms with E-state index < -0.39 is 0 Å². The molecular weight excluding hydrogens is 296 g/mol. The van der Waals surface area contributed by atoms with Crippen LogP contribution in [0, 0.1) is 0 Å². The maximum atomic E-state index is 12.3. The largest absolute Gasteiger partial charge is 0.341 e. The number of aromatic nitrogens is 3. The molecule has 3 heterocycles. The molecule has 2 aliphatic rings. The molecule has 0 saturated carbocycles. The second kappa shape index (κ2) is 5.83. The molecule has 1 fully saturated rings. The van der Waals surface area contributed by atoms with Crippen LogP contribution < -0.4 is 0 Å². The van der Waals surface area contributed by atoms with Crippen molar-refractivity contribution in [2.45, 2.75) is 44.6 Å². The lowest BCUT2D eigenvalue weighted by Crippen LogP contribution is -2.39. The van der Waals surface area contributed by atoms with Gasteiger partial charge in [-0.25, -0.2) is 9.97 Å². The van der Waals surface area contributed by atoms with Gasteiger partial charge < -0.3 is 9.47 Å². The van der Waals surface area contributed by atoms with E-state index in [1.807, 2.05) is 27.0 Å². The van der Waals surface area contributed by atoms with Gasteiger partial charge in [-0.3, -0.25) is 4.79 Å². The molecule has 2 aromatic rings. The Morgan fingerprint density at radius 3 is 2.91 bits per heavy atom. The molecule has 116 valence electrons. The zero-order valence-electron chi connectivity index (χ0n) is 12.6. The third-order valence-electron chi connectivity index (χ3n) is 4.69. The van der Waals surface area contributed by atoms with E-state index >= 15 is 0 Å². The molecular formula is C16H20N4OS. The number of rotatable bonds is 3. The molecule has 4 rings (SSSR count). The summed E-state index contributed by atoms with van der Waals surface area (Å²) >= 11 is 1.91. The van der Waals surface area contributed by atoms with E-state index in [1.54, 1.807) is 12.5 Å². The molecule has 0 unspecified atom stereocenters. The minimum absolute atomic E-state index is 0.193. The fourth-order valence-electron chi connectivity index (χ4n) is 3.40. The molecule has 6 heteroatoms. The van der Waals surface area contributed by atoms with Crippen molar-refractivity contribution in [3.05, 3.63) is 34.3 Å². The molecule has 0 spiro atoms. The number of imidazole rings is 1. The molecule has 1 amide bonds. The molecule has 0 bridgehead atoms. The fraction of sp³-hybridized carbons (Fsp3) is 0.562. The number of hydrogen-bond donors (Lipinski definition) is 0. The zero-order chi connectivity index (χ0) is 14.9. The van der Waals surface area contributed by atoms with Crippen LogP contribution in [0.15, 0.2) is 18.7 Å². The van der Waals surface area contributed by atoms with Crippen molar-refractivity contribution in [3.63, 3.8) is 0 Å². The van der Waals surface area contributed by atoms with Gasteiger partial charge in [0.25, 0.3) is 0 Å². The van der Waals surface area contributed by atoms with Gasteiger partial charge in [0.05, 0.1) is 17.0 Å². The molecule has 1 aliphatic heterocycles. The normalized spacial score (nSPS) is 18.6. The highest BCUT2D eigenvalue weighted by atomic mass is 32.1. The predicted octanol–water partition coefficient (Wildman–Crippen LogP) is 2.23. The van der Waals surface area contributed by atoms with Crippen LogP contribution >= 0.6 is 11.3 Å². The number of thiazole rings is 1. The van der Waals surface area contributed by atoms with Crippen molar-refractivity contribution >= 4 is 17.2 Å². The number of nitrogens with zero attached hydrogens (tertiary/aromatic N) is 4. The van der Waals surface area contributed by atoms with E-state index in [-0.39, 0.29) is 5.91 Å². The van der Waals surface area contributed by atoms with E-state index in [0.29, 0.717) is 12.5 Å². The average Bonchev–Trinajstić information content (AvgIpc) is 3.24. The summed E-state index contributed by atoms with van der Waals surface area (Å²) in [7, 11) is 0. The van der Waals surface area contributed by atoms with Crippen LogP contribution in [0.4, 0.5) is 0 Å². The first kappa shape index (κ1) is 13.9. The third-order valence-corrected chi connectivity index (χ3v) is 6.01. The quantitative estimate of drug-likeness (QED) is 0.872. The molecule has 5 nitrogen and oxygen atoms in total. The van der Waals surface area contributed by atoms with E-state index in [2.05, 4.69) is 4.98 Å². The van der Waals surface area contributed by atoms with Crippen LogP contribution in [0.3, 0.4) is 0 Å². The van der Waals surface area contributed by atoms with Gasteiger partial charge in [0, 0.05) is 36.3 Å². The van der Waals surface area contributed by atoms with Crippen molar-refractivity contribution in [1.29, 1.82) is 0 Å². The second-order valence-corrected chi connectivity index (χ2v) is 7.28. The first-order chi connectivity index (χ1) is 10.8. The minimum Gasteiger partial charge on any atom is -0.341 e. The van der Waals surface area contributed by atoms with Gasteiger partial charge in [-0.2, -0.15) is 0 Å². The van der Waals surface area contributed by atoms with E-state index in [0.717, 1.165) is 32.4 Å². The Balaban J connectivity index is 1.34. The van der Waals surface area contributed by atoms with Crippen molar-refractivity contribution in [2.75, 3.05) is 13.1 Å². The SMILES string of the molecule is O=C(Cn1ccnc1)N1CCC(c2nc3c(s2)CCC3)CC1. The van der Waals surface area contributed by atoms with E-state index in [9.17, 15) is 4.79 Å². The molecule has 2 aromatic heterocycles. The van der Waals surface area contributed by atoms with Crippen LogP contribution in [0.25, 0.3) is 0 Å². The Labute approximate surface area is 134 Å². The lowest BCUT2D eigenvalue weighted by molar-refractivity contribution is -0.132. The molecule has 0 radical (unpaired) electrons. The van der Waals surface area contributed by atoms with Crippen molar-refractivity contribution in [1.82, 2.24) is 19.4 Å². The number of carbonyl (C=O) groups is 1. The Hall–Kier alpha value is -1.69. The monoisotopic (exact) mass is 316 g/mol. The van der Waals surface area contributed by atoms with Crippen molar-refractivity contribution in [3.8, 4) is 0 Å². The van der Waals surface area contributed by atoms with Gasteiger partial charge >= 0.3 is 0 Å². The highest BCUT2D eigenvalue weighted by Crippen LogP contribution is 2.35. The summed E-state index contributed by atoms with van der Waals surface area (Å²) in [5, 5.41) is 1.31. The molecule has 0 aromatic carbocycles. The van der Waals surface area contributed by atoms with E-state index in [4.69, 9.17) is 4.98 Å². The molecule has 0 N–H and O–H groups in total. The summed E-state index contributed by atoms with van der Waals surface area (Å²) in [6, 6.07) is 0. The fourth-order valence-corrected chi connectivity index (χ4v) is 4.72. The second-order valence-electron chi connectivity index (χ2n) is 6.17. The first-order valence-electron chi connectivity index (χ1n) is 8.01. The molecule has 1 aliphatic carbocycles. The zero-order valence-corrected chi connectivity index (χ0v) is 13.4. The summed E-state index contributed by atoms with van der Waals surface area (Å²) < 4.78 is 1.83. The van der Waals surface area contributed by atoms with Crippen LogP contribution in [0.1, 0.15) is 40.8 Å². The first-order valence-corrected chi connectivity index (χ1v) is 8.83. The van der Waals surface area contributed by atoms with Gasteiger partial charge in [0.2, 0.25) is 5.91 Å². The summed E-state index contributed by atoms with van der Waals surface area (Å²) in [5.74, 6) is 0.742. The van der Waals surface area contributed by atoms with Crippen molar-refractivity contribution in [2.24, 2.45) is 0 Å². The topological polar surface area (TPSA) is 51.0 Å². The molecule has 22 heavy (non-hydrogen) atoms. The lowest BCUT2D eigenvalue weighted by atomic mass is 9.97. The number of carbonyl (C=O) groups excluding carboxylic acids is 1. The summed E-state index contributed by atoms with van der Waals surface area (Å²) in [4.78, 5) is 24.6. The molecule has 1 saturated heterocycles. The van der Waals surface area contributed by atoms with Gasteiger partial charge in [-0.1, -0.05) is 0 Å². The number of likely N-dealkylation sites (tertiary alicyclic amines) is 1. The highest BCUT2D eigenvalue weighted by Gasteiger charge is 2.27. The van der Waals surface area contributed by atoms with Gasteiger partial charge in [0.15, 0.2) is 0 Å². The summed E-state index contributed by atoms with van der Waals surface area (Å²) in [5.41, 5.74) is 1.35. The maximum Gasteiger partial charge on any atom is 0.242 e. The number of hydrogen-bond acceptors (Lipinski definition) is 4. The van der Waals surface area contributed by atoms with Crippen molar-refractivity contribution < 1.29 is 4.79 Å². The number of amides is 1. The number of aryl methyl sites for hydroxylation is 2. The van der Waals surface area contributed by atoms with Gasteiger partial charge in [0.1, 0.15) is 6.54 Å². The van der Waals surface area contributed by atoms with Crippen LogP contribution in [0.2, 0.25) is 0 Å². The van der Waals surface area contributed by atoms with E-state index in [1.165, 1.54) is 28.4 Å². The Morgan fingerprint density at radius 1 is 1.32 bits per heavy atom. The number of piperidine rings is 1. The average molecular weight is 316 g/mol. The van der Waals surface area contributed by atoms with Crippen LogP contribution in [-0.4, -0.2) is 38.4 Å². The molecule has 0 atom stereocenters. The maximum absolute atomic E-state index is 12.3. The van der Waals surface area contributed by atoms with Crippen LogP contribution in [-0.2, 0) is 24.2 Å². The van der Waals surface area contributed by atoms with Gasteiger partial charge in [-0.15, -0.1) is 11.3 Å². The lowest BCUT2D eigenvalue weighted by Gasteiger charge is -2.31. The summed E-state index contributed by atoms with van der Waals surface area (Å²) in [6.45, 7) is 2.10. The van der Waals surface area contributed by atoms with Crippen LogP contribution in [0.5, 0.6) is 0 Å². The predicted molar refractivity (Wildman–Crippen MR) is 84.9 cm³/mol. The van der Waals surface area contributed by atoms with Gasteiger partial charge in [-0.05, 0) is 32.1 Å². The summed E-state index contributed by atoms with van der Waals surface area (Å²) in [6.07, 6.45) is 11.0. The smallest absolute Gasteiger partial charge is 0.242 e. The number of fused-ring (bicyclic) bond motifs is 1.